The van der Waals surface area contributed by atoms with Crippen LogP contribution in [0.15, 0.2) is 46.0 Å². The second-order valence-corrected chi connectivity index (χ2v) is 11.5. The van der Waals surface area contributed by atoms with Gasteiger partial charge in [0.2, 0.25) is 0 Å². The van der Waals surface area contributed by atoms with Gasteiger partial charge in [0, 0.05) is 5.92 Å². The highest BCUT2D eigenvalue weighted by molar-refractivity contribution is 5.95. The molecule has 7 nitrogen and oxygen atoms in total. The number of halogens is 1. The van der Waals surface area contributed by atoms with Gasteiger partial charge in [-0.1, -0.05) is 39.0 Å². The lowest BCUT2D eigenvalue weighted by atomic mass is 9.59. The minimum absolute atomic E-state index is 0.0204. The standard InChI is InChI=1S/C27H30FNO6/c1-12-10-26-13(2)8-16-20(25(16,3)4)15(22(26)32)9-14(11-30)21(31)27(26,33)23(12)34-24-19-17(28)6-5-7-18(19)35-29-24/h5-7,9-10,13,15-16,20-21,23,30-31,33H,8,11H2,1-4H3/t13-,15?,16?,20?,21?,23?,26?,27?/m1/s1. The molecule has 1 aromatic heterocycles. The fourth-order valence-corrected chi connectivity index (χ4v) is 7.71. The first-order chi connectivity index (χ1) is 16.5. The molecule has 1 spiro atoms. The van der Waals surface area contributed by atoms with Crippen molar-refractivity contribution in [3.05, 3.63) is 47.3 Å². The number of benzene rings is 1. The summed E-state index contributed by atoms with van der Waals surface area (Å²) in [6, 6.07) is 4.29. The lowest BCUT2D eigenvalue weighted by molar-refractivity contribution is -0.186. The van der Waals surface area contributed by atoms with E-state index in [-0.39, 0.29) is 51.4 Å². The Morgan fingerprint density at radius 3 is 2.77 bits per heavy atom. The molecule has 2 bridgehead atoms. The number of nitrogens with zero attached hydrogens (tertiary/aromatic N) is 1. The minimum Gasteiger partial charge on any atom is -0.464 e. The first kappa shape index (κ1) is 22.9. The highest BCUT2D eigenvalue weighted by Crippen LogP contribution is 2.71. The highest BCUT2D eigenvalue weighted by atomic mass is 19.1. The summed E-state index contributed by atoms with van der Waals surface area (Å²) in [7, 11) is 0. The van der Waals surface area contributed by atoms with Crippen LogP contribution in [-0.4, -0.2) is 50.7 Å². The summed E-state index contributed by atoms with van der Waals surface area (Å²) in [6.45, 7) is 7.44. The van der Waals surface area contributed by atoms with Crippen LogP contribution in [0.25, 0.3) is 11.0 Å². The van der Waals surface area contributed by atoms with Crippen molar-refractivity contribution < 1.29 is 33.8 Å². The van der Waals surface area contributed by atoms with Crippen LogP contribution in [0.2, 0.25) is 0 Å². The molecule has 6 rings (SSSR count). The summed E-state index contributed by atoms with van der Waals surface area (Å²) < 4.78 is 26.0. The minimum atomic E-state index is -2.13. The Labute approximate surface area is 202 Å². The van der Waals surface area contributed by atoms with Crippen molar-refractivity contribution in [1.82, 2.24) is 5.16 Å². The molecule has 0 amide bonds. The van der Waals surface area contributed by atoms with Gasteiger partial charge in [0.15, 0.2) is 23.1 Å². The number of hydrogen-bond acceptors (Lipinski definition) is 7. The van der Waals surface area contributed by atoms with E-state index in [1.54, 1.807) is 25.1 Å². The molecule has 186 valence electrons. The maximum atomic E-state index is 14.6. The van der Waals surface area contributed by atoms with E-state index in [4.69, 9.17) is 9.26 Å². The van der Waals surface area contributed by atoms with Crippen LogP contribution < -0.4 is 4.74 Å². The number of rotatable bonds is 3. The van der Waals surface area contributed by atoms with Gasteiger partial charge in [-0.15, -0.1) is 0 Å². The SMILES string of the molecule is CC1=CC23C(=O)C(C=C(CO)C(O)C2(O)C1Oc1noc2cccc(F)c12)C1C(C[C@H]3C)C1(C)C. The van der Waals surface area contributed by atoms with E-state index in [1.807, 2.05) is 6.92 Å². The molecule has 1 aromatic carbocycles. The van der Waals surface area contributed by atoms with E-state index < -0.39 is 41.6 Å². The van der Waals surface area contributed by atoms with Gasteiger partial charge in [0.1, 0.15) is 17.3 Å². The number of carbonyl (C=O) groups excluding carboxylic acids is 1. The number of fused-ring (bicyclic) bond motifs is 4. The van der Waals surface area contributed by atoms with Gasteiger partial charge < -0.3 is 24.6 Å². The average Bonchev–Trinajstić information content (AvgIpc) is 3.09. The lowest BCUT2D eigenvalue weighted by Crippen LogP contribution is -2.66. The van der Waals surface area contributed by atoms with E-state index in [2.05, 4.69) is 19.0 Å². The van der Waals surface area contributed by atoms with Crippen LogP contribution in [0.4, 0.5) is 4.39 Å². The average molecular weight is 484 g/mol. The van der Waals surface area contributed by atoms with Crippen molar-refractivity contribution in [2.75, 3.05) is 6.61 Å². The van der Waals surface area contributed by atoms with Gasteiger partial charge in [-0.3, -0.25) is 4.79 Å². The quantitative estimate of drug-likeness (QED) is 0.575. The Hall–Kier alpha value is -2.55. The van der Waals surface area contributed by atoms with E-state index in [0.717, 1.165) is 0 Å². The fraction of sp³-hybridized carbons (Fsp3) is 0.556. The normalized spacial score (nSPS) is 41.4. The second-order valence-electron chi connectivity index (χ2n) is 11.5. The molecule has 7 unspecified atom stereocenters. The number of hydrogen-bond donors (Lipinski definition) is 3. The molecule has 4 aliphatic rings. The van der Waals surface area contributed by atoms with Crippen molar-refractivity contribution in [3.8, 4) is 5.88 Å². The first-order valence-electron chi connectivity index (χ1n) is 12.2. The molecule has 3 N–H and O–H groups in total. The van der Waals surface area contributed by atoms with E-state index in [9.17, 15) is 24.5 Å². The van der Waals surface area contributed by atoms with Gasteiger partial charge >= 0.3 is 0 Å². The number of Topliss-reactive ketones (excluding diaryl/α,β-unsaturated/α-hetero) is 1. The molecule has 2 aromatic rings. The third kappa shape index (κ3) is 2.60. The molecule has 0 saturated heterocycles. The zero-order chi connectivity index (χ0) is 25.1. The zero-order valence-corrected chi connectivity index (χ0v) is 20.2. The number of carbonyl (C=O) groups is 1. The monoisotopic (exact) mass is 483 g/mol. The largest absolute Gasteiger partial charge is 0.464 e. The number of allylic oxidation sites excluding steroid dienone is 1. The summed E-state index contributed by atoms with van der Waals surface area (Å²) in [4.78, 5) is 14.4. The number of aromatic nitrogens is 1. The van der Waals surface area contributed by atoms with Gasteiger partial charge in [-0.2, -0.15) is 0 Å². The van der Waals surface area contributed by atoms with Crippen molar-refractivity contribution in [2.45, 2.75) is 51.9 Å². The summed E-state index contributed by atoms with van der Waals surface area (Å²) in [5.74, 6) is -1.44. The van der Waals surface area contributed by atoms with Crippen molar-refractivity contribution in [3.63, 3.8) is 0 Å². The summed E-state index contributed by atoms with van der Waals surface area (Å²) in [6.07, 6.45) is 1.32. The zero-order valence-electron chi connectivity index (χ0n) is 20.2. The van der Waals surface area contributed by atoms with Crippen LogP contribution >= 0.6 is 0 Å². The number of ketones is 1. The predicted molar refractivity (Wildman–Crippen MR) is 124 cm³/mol. The first-order valence-corrected chi connectivity index (χ1v) is 12.2. The number of ether oxygens (including phenoxy) is 1. The Morgan fingerprint density at radius 2 is 2.06 bits per heavy atom. The Morgan fingerprint density at radius 1 is 1.31 bits per heavy atom. The number of aliphatic hydroxyl groups excluding tert-OH is 2. The lowest BCUT2D eigenvalue weighted by Gasteiger charge is -2.48. The van der Waals surface area contributed by atoms with Crippen molar-refractivity contribution in [1.29, 1.82) is 0 Å². The maximum Gasteiger partial charge on any atom is 0.265 e. The molecule has 1 heterocycles. The summed E-state index contributed by atoms with van der Waals surface area (Å²) in [5, 5.41) is 38.2. The van der Waals surface area contributed by atoms with Crippen LogP contribution in [0, 0.1) is 40.3 Å². The molecule has 8 atom stereocenters. The fourth-order valence-electron chi connectivity index (χ4n) is 7.71. The molecule has 4 aliphatic carbocycles. The Kier molecular flexibility index (Phi) is 4.59. The van der Waals surface area contributed by atoms with Crippen molar-refractivity contribution in [2.24, 2.45) is 34.5 Å². The highest BCUT2D eigenvalue weighted by Gasteiger charge is 2.76. The third-order valence-electron chi connectivity index (χ3n) is 9.54. The van der Waals surface area contributed by atoms with Gasteiger partial charge in [0.05, 0.1) is 12.0 Å². The third-order valence-corrected chi connectivity index (χ3v) is 9.54. The predicted octanol–water partition coefficient (Wildman–Crippen LogP) is 3.18. The van der Waals surface area contributed by atoms with Crippen LogP contribution in [0.3, 0.4) is 0 Å². The number of aliphatic hydroxyl groups is 3. The molecular weight excluding hydrogens is 453 g/mol. The molecule has 0 aliphatic heterocycles. The van der Waals surface area contributed by atoms with E-state index in [1.165, 1.54) is 12.1 Å². The summed E-state index contributed by atoms with van der Waals surface area (Å²) in [5.41, 5.74) is -2.72. The molecular formula is C27H30FNO6. The smallest absolute Gasteiger partial charge is 0.265 e. The maximum absolute atomic E-state index is 14.6. The second kappa shape index (κ2) is 7.02. The molecule has 2 fully saturated rings. The van der Waals surface area contributed by atoms with E-state index in [0.29, 0.717) is 12.0 Å². The molecule has 0 radical (unpaired) electrons. The van der Waals surface area contributed by atoms with Crippen molar-refractivity contribution >= 4 is 16.8 Å². The van der Waals surface area contributed by atoms with Crippen LogP contribution in [-0.2, 0) is 4.79 Å². The van der Waals surface area contributed by atoms with Gasteiger partial charge in [-0.25, -0.2) is 4.39 Å². The van der Waals surface area contributed by atoms with Crippen LogP contribution in [0.5, 0.6) is 5.88 Å². The molecule has 8 heteroatoms. The Bertz CT molecular complexity index is 1310. The van der Waals surface area contributed by atoms with Gasteiger partial charge in [0.25, 0.3) is 5.88 Å². The molecule has 2 saturated carbocycles. The van der Waals surface area contributed by atoms with E-state index >= 15 is 0 Å². The molecule has 35 heavy (non-hydrogen) atoms. The topological polar surface area (TPSA) is 113 Å². The van der Waals surface area contributed by atoms with Crippen LogP contribution in [0.1, 0.15) is 34.1 Å². The van der Waals surface area contributed by atoms with Gasteiger partial charge in [-0.05, 0) is 64.9 Å². The Balaban J connectivity index is 1.53. The summed E-state index contributed by atoms with van der Waals surface area (Å²) >= 11 is 0.